The van der Waals surface area contributed by atoms with Gasteiger partial charge in [0.15, 0.2) is 0 Å². The molecule has 0 aliphatic heterocycles. The van der Waals surface area contributed by atoms with Crippen LogP contribution in [0.3, 0.4) is 0 Å². The summed E-state index contributed by atoms with van der Waals surface area (Å²) in [6, 6.07) is 0. The highest BCUT2D eigenvalue weighted by molar-refractivity contribution is 5.78. The molecule has 54 heavy (non-hydrogen) atoms. The highest BCUT2D eigenvalue weighted by Gasteiger charge is 2.07. The number of nitrogens with one attached hydrogen (secondary N) is 1. The Bertz CT molecular complexity index is 739. The Morgan fingerprint density at radius 3 is 0.889 bits per heavy atom. The Balaban J connectivity index is 3.29. The molecule has 0 saturated carbocycles. The first-order valence-corrected chi connectivity index (χ1v) is 25.1. The number of unbranched alkanes of at least 4 members (excludes halogenated alkanes) is 37. The molecule has 4 heteroatoms. The second-order valence-electron chi connectivity index (χ2n) is 17.5. The molecule has 322 valence electrons. The predicted octanol–water partition coefficient (Wildman–Crippen LogP) is 16.2. The third kappa shape index (κ3) is 45.5. The normalized spacial score (nSPS) is 12.1. The van der Waals surface area contributed by atoms with Crippen LogP contribution in [-0.4, -0.2) is 29.4 Å². The van der Waals surface area contributed by atoms with E-state index in [0.717, 1.165) is 51.4 Å². The monoisotopic (exact) mass is 762 g/mol. The molecule has 0 aromatic heterocycles. The topological polar surface area (TPSA) is 66.4 Å². The molecule has 0 bridgehead atoms. The van der Waals surface area contributed by atoms with Crippen LogP contribution < -0.4 is 5.32 Å². The zero-order chi connectivity index (χ0) is 39.3. The van der Waals surface area contributed by atoms with E-state index in [9.17, 15) is 14.7 Å². The van der Waals surface area contributed by atoms with Gasteiger partial charge in [0.2, 0.25) is 5.91 Å². The molecule has 2 N–H and O–H groups in total. The lowest BCUT2D eigenvalue weighted by atomic mass is 10.0. The van der Waals surface area contributed by atoms with Gasteiger partial charge in [0, 0.05) is 25.8 Å². The largest absolute Gasteiger partial charge is 0.391 e. The first kappa shape index (κ1) is 53.1. The van der Waals surface area contributed by atoms with Crippen molar-refractivity contribution in [3.63, 3.8) is 0 Å². The number of carbonyl (C=O) groups is 2. The Kier molecular flexibility index (Phi) is 45.7. The SMILES string of the molecule is CCCCCCCCCCCCCCCCCCC(O)CNC(=O)CCCCCCCCCCCCCCCC(=O)CCCCCCCCCCCCC. The van der Waals surface area contributed by atoms with Crippen molar-refractivity contribution in [3.05, 3.63) is 0 Å². The number of carbonyl (C=O) groups excluding carboxylic acids is 2. The maximum Gasteiger partial charge on any atom is 0.220 e. The number of hydrogen-bond donors (Lipinski definition) is 2. The van der Waals surface area contributed by atoms with E-state index < -0.39 is 6.10 Å². The molecule has 0 aliphatic carbocycles. The Labute approximate surface area is 339 Å². The molecule has 1 amide bonds. The van der Waals surface area contributed by atoms with Crippen LogP contribution in [0.5, 0.6) is 0 Å². The molecule has 0 radical (unpaired) electrons. The second-order valence-corrected chi connectivity index (χ2v) is 17.5. The number of aliphatic hydroxyl groups is 1. The van der Waals surface area contributed by atoms with Crippen LogP contribution in [0, 0.1) is 0 Å². The summed E-state index contributed by atoms with van der Waals surface area (Å²) in [5.41, 5.74) is 0. The van der Waals surface area contributed by atoms with Crippen molar-refractivity contribution in [2.24, 2.45) is 0 Å². The Hall–Kier alpha value is -0.900. The second kappa shape index (κ2) is 46.5. The van der Waals surface area contributed by atoms with Crippen molar-refractivity contribution in [1.29, 1.82) is 0 Å². The summed E-state index contributed by atoms with van der Waals surface area (Å²) in [5, 5.41) is 13.2. The summed E-state index contributed by atoms with van der Waals surface area (Å²) in [6.07, 6.45) is 55.5. The number of aliphatic hydroxyl groups excluding tert-OH is 1. The lowest BCUT2D eigenvalue weighted by molar-refractivity contribution is -0.121. The maximum atomic E-state index is 12.2. The van der Waals surface area contributed by atoms with Gasteiger partial charge in [-0.25, -0.2) is 0 Å². The molecular formula is C50H99NO3. The van der Waals surface area contributed by atoms with Crippen LogP contribution in [-0.2, 0) is 9.59 Å². The van der Waals surface area contributed by atoms with Crippen molar-refractivity contribution < 1.29 is 14.7 Å². The molecule has 0 spiro atoms. The third-order valence-electron chi connectivity index (χ3n) is 11.8. The van der Waals surface area contributed by atoms with Crippen molar-refractivity contribution in [1.82, 2.24) is 5.32 Å². The average Bonchev–Trinajstić information content (AvgIpc) is 3.17. The minimum atomic E-state index is -0.398. The minimum absolute atomic E-state index is 0.104. The first-order valence-electron chi connectivity index (χ1n) is 25.1. The zero-order valence-corrected chi connectivity index (χ0v) is 37.2. The van der Waals surface area contributed by atoms with Gasteiger partial charge < -0.3 is 10.4 Å². The number of amides is 1. The fraction of sp³-hybridized carbons (Fsp3) is 0.960. The molecule has 4 nitrogen and oxygen atoms in total. The Morgan fingerprint density at radius 2 is 0.593 bits per heavy atom. The third-order valence-corrected chi connectivity index (χ3v) is 11.8. The van der Waals surface area contributed by atoms with Gasteiger partial charge in [-0.15, -0.1) is 0 Å². The van der Waals surface area contributed by atoms with E-state index in [4.69, 9.17) is 0 Å². The van der Waals surface area contributed by atoms with Crippen LogP contribution in [0.1, 0.15) is 296 Å². The molecule has 0 aromatic carbocycles. The van der Waals surface area contributed by atoms with Crippen molar-refractivity contribution in [2.75, 3.05) is 6.54 Å². The fourth-order valence-corrected chi connectivity index (χ4v) is 8.01. The van der Waals surface area contributed by atoms with E-state index in [0.29, 0.717) is 18.7 Å². The van der Waals surface area contributed by atoms with Gasteiger partial charge in [-0.1, -0.05) is 251 Å². The van der Waals surface area contributed by atoms with Crippen LogP contribution in [0.2, 0.25) is 0 Å². The van der Waals surface area contributed by atoms with Gasteiger partial charge in [0.25, 0.3) is 0 Å². The molecule has 0 saturated heterocycles. The van der Waals surface area contributed by atoms with E-state index in [1.165, 1.54) is 225 Å². The molecule has 0 aromatic rings. The summed E-state index contributed by atoms with van der Waals surface area (Å²) in [7, 11) is 0. The van der Waals surface area contributed by atoms with Gasteiger partial charge >= 0.3 is 0 Å². The summed E-state index contributed by atoms with van der Waals surface area (Å²) in [4.78, 5) is 24.4. The zero-order valence-electron chi connectivity index (χ0n) is 37.2. The fourth-order valence-electron chi connectivity index (χ4n) is 8.01. The predicted molar refractivity (Wildman–Crippen MR) is 239 cm³/mol. The van der Waals surface area contributed by atoms with Gasteiger partial charge in [0.1, 0.15) is 5.78 Å². The quantitative estimate of drug-likeness (QED) is 0.0607. The molecule has 1 atom stereocenters. The van der Waals surface area contributed by atoms with Gasteiger partial charge in [0.05, 0.1) is 6.10 Å². The van der Waals surface area contributed by atoms with E-state index in [-0.39, 0.29) is 5.91 Å². The van der Waals surface area contributed by atoms with Crippen molar-refractivity contribution in [3.8, 4) is 0 Å². The molecule has 0 aliphatic rings. The first-order chi connectivity index (χ1) is 26.6. The van der Waals surface area contributed by atoms with Crippen molar-refractivity contribution in [2.45, 2.75) is 302 Å². The minimum Gasteiger partial charge on any atom is -0.391 e. The Morgan fingerprint density at radius 1 is 0.352 bits per heavy atom. The number of rotatable bonds is 47. The molecular weight excluding hydrogens is 663 g/mol. The molecule has 0 heterocycles. The lowest BCUT2D eigenvalue weighted by Crippen LogP contribution is -2.31. The average molecular weight is 762 g/mol. The maximum absolute atomic E-state index is 12.2. The van der Waals surface area contributed by atoms with Gasteiger partial charge in [-0.2, -0.15) is 0 Å². The van der Waals surface area contributed by atoms with Gasteiger partial charge in [-0.05, 0) is 25.7 Å². The number of Topliss-reactive ketones (excluding diaryl/α,β-unsaturated/α-hetero) is 1. The van der Waals surface area contributed by atoms with Crippen LogP contribution in [0.15, 0.2) is 0 Å². The van der Waals surface area contributed by atoms with E-state index >= 15 is 0 Å². The molecule has 0 rings (SSSR count). The van der Waals surface area contributed by atoms with E-state index in [1.807, 2.05) is 0 Å². The standard InChI is InChI=1S/C50H99NO3/c1-3-5-7-9-11-13-15-16-17-18-20-25-29-33-37-41-45-49(53)47-51-50(54)46-42-38-34-30-26-22-19-21-24-28-32-36-40-44-48(52)43-39-35-31-27-23-14-12-10-8-6-4-2/h49,53H,3-47H2,1-2H3,(H,51,54). The number of hydrogen-bond acceptors (Lipinski definition) is 3. The molecule has 1 unspecified atom stereocenters. The number of ketones is 1. The highest BCUT2D eigenvalue weighted by Crippen LogP contribution is 2.17. The van der Waals surface area contributed by atoms with Crippen LogP contribution in [0.4, 0.5) is 0 Å². The van der Waals surface area contributed by atoms with Crippen LogP contribution in [0.25, 0.3) is 0 Å². The van der Waals surface area contributed by atoms with Crippen LogP contribution >= 0.6 is 0 Å². The van der Waals surface area contributed by atoms with Gasteiger partial charge in [-0.3, -0.25) is 9.59 Å². The summed E-state index contributed by atoms with van der Waals surface area (Å²) in [6.45, 7) is 4.98. The summed E-state index contributed by atoms with van der Waals surface area (Å²) < 4.78 is 0. The molecule has 0 fully saturated rings. The summed E-state index contributed by atoms with van der Waals surface area (Å²) in [5.74, 6) is 0.604. The van der Waals surface area contributed by atoms with E-state index in [1.54, 1.807) is 0 Å². The highest BCUT2D eigenvalue weighted by atomic mass is 16.3. The smallest absolute Gasteiger partial charge is 0.220 e. The summed E-state index contributed by atoms with van der Waals surface area (Å²) >= 11 is 0. The lowest BCUT2D eigenvalue weighted by Gasteiger charge is -2.12. The van der Waals surface area contributed by atoms with E-state index in [2.05, 4.69) is 19.2 Å². The van der Waals surface area contributed by atoms with Crippen molar-refractivity contribution >= 4 is 11.7 Å².